The molecule has 0 aliphatic heterocycles. The van der Waals surface area contributed by atoms with Gasteiger partial charge in [0, 0.05) is 19.5 Å². The van der Waals surface area contributed by atoms with Crippen LogP contribution in [-0.2, 0) is 9.59 Å². The van der Waals surface area contributed by atoms with Gasteiger partial charge in [0.05, 0.1) is 6.04 Å². The molecule has 0 aromatic heterocycles. The smallest absolute Gasteiger partial charge is 0.236 e. The molecule has 0 saturated heterocycles. The SMILES string of the molecule is CCCCCCCCCCCCCCCC(=O)NCCCC[C@@H](N)C(=O)NCCCNCCCCNCCCN.Cl. The number of rotatable bonds is 32. The van der Waals surface area contributed by atoms with Crippen molar-refractivity contribution in [2.24, 2.45) is 11.5 Å². The zero-order chi connectivity index (χ0) is 29.4. The monoisotopic (exact) mass is 605 g/mol. The summed E-state index contributed by atoms with van der Waals surface area (Å²) in [5, 5.41) is 12.8. The third-order valence-electron chi connectivity index (χ3n) is 7.45. The summed E-state index contributed by atoms with van der Waals surface area (Å²) in [6.45, 7) is 8.28. The number of hydrogen-bond acceptors (Lipinski definition) is 6. The number of halogens is 1. The van der Waals surface area contributed by atoms with Gasteiger partial charge in [0.2, 0.25) is 11.8 Å². The standard InChI is InChI=1S/C32H68N6O2.ClH/c1-2-3-4-5-6-7-8-9-10-11-12-13-14-22-31(39)37-28-16-15-21-30(34)32(40)38-29-20-27-36-25-18-17-24-35-26-19-23-33;/h30,35-36H,2-29,33-34H2,1H3,(H,37,39)(H,38,40);1H/t30-;/m1./s1. The van der Waals surface area contributed by atoms with Gasteiger partial charge in [0.15, 0.2) is 0 Å². The largest absolute Gasteiger partial charge is 0.356 e. The Labute approximate surface area is 259 Å². The molecule has 0 aromatic carbocycles. The lowest BCUT2D eigenvalue weighted by molar-refractivity contribution is -0.123. The van der Waals surface area contributed by atoms with Gasteiger partial charge in [-0.05, 0) is 84.1 Å². The van der Waals surface area contributed by atoms with Crippen molar-refractivity contribution < 1.29 is 9.59 Å². The van der Waals surface area contributed by atoms with Crippen molar-refractivity contribution in [1.29, 1.82) is 0 Å². The van der Waals surface area contributed by atoms with Crippen LogP contribution in [-0.4, -0.2) is 63.7 Å². The summed E-state index contributed by atoms with van der Waals surface area (Å²) in [6, 6.07) is -0.471. The van der Waals surface area contributed by atoms with Crippen molar-refractivity contribution in [3.8, 4) is 0 Å². The summed E-state index contributed by atoms with van der Waals surface area (Å²) in [5.41, 5.74) is 11.5. The van der Waals surface area contributed by atoms with Crippen LogP contribution in [0.15, 0.2) is 0 Å². The Kier molecular flexibility index (Phi) is 36.3. The number of amides is 2. The molecule has 0 rings (SSSR count). The van der Waals surface area contributed by atoms with E-state index in [-0.39, 0.29) is 24.2 Å². The fourth-order valence-corrected chi connectivity index (χ4v) is 4.77. The molecular formula is C32H69ClN6O2. The van der Waals surface area contributed by atoms with Crippen molar-refractivity contribution in [2.45, 2.75) is 148 Å². The minimum Gasteiger partial charge on any atom is -0.356 e. The van der Waals surface area contributed by atoms with Gasteiger partial charge in [-0.1, -0.05) is 84.0 Å². The van der Waals surface area contributed by atoms with Crippen LogP contribution in [0.25, 0.3) is 0 Å². The molecule has 1 atom stereocenters. The first kappa shape index (κ1) is 42.2. The Bertz CT molecular complexity index is 556. The highest BCUT2D eigenvalue weighted by Gasteiger charge is 2.12. The molecule has 0 saturated carbocycles. The molecular weight excluding hydrogens is 536 g/mol. The van der Waals surface area contributed by atoms with E-state index < -0.39 is 6.04 Å². The Hall–Kier alpha value is -0.930. The van der Waals surface area contributed by atoms with Gasteiger partial charge in [-0.2, -0.15) is 0 Å². The zero-order valence-corrected chi connectivity index (χ0v) is 27.6. The predicted molar refractivity (Wildman–Crippen MR) is 179 cm³/mol. The number of carbonyl (C=O) groups excluding carboxylic acids is 2. The molecule has 0 bridgehead atoms. The van der Waals surface area contributed by atoms with Crippen LogP contribution >= 0.6 is 12.4 Å². The van der Waals surface area contributed by atoms with Crippen molar-refractivity contribution in [1.82, 2.24) is 21.3 Å². The summed E-state index contributed by atoms with van der Waals surface area (Å²) in [7, 11) is 0. The van der Waals surface area contributed by atoms with Crippen LogP contribution in [0.5, 0.6) is 0 Å². The van der Waals surface area contributed by atoms with Gasteiger partial charge in [-0.25, -0.2) is 0 Å². The molecule has 9 heteroatoms. The zero-order valence-electron chi connectivity index (χ0n) is 26.8. The summed E-state index contributed by atoms with van der Waals surface area (Å²) >= 11 is 0. The molecule has 0 spiro atoms. The molecule has 0 unspecified atom stereocenters. The molecule has 0 aromatic rings. The maximum Gasteiger partial charge on any atom is 0.236 e. The minimum absolute atomic E-state index is 0. The lowest BCUT2D eigenvalue weighted by Gasteiger charge is -2.12. The highest BCUT2D eigenvalue weighted by Crippen LogP contribution is 2.13. The molecule has 0 aliphatic rings. The van der Waals surface area contributed by atoms with Crippen molar-refractivity contribution in [3.63, 3.8) is 0 Å². The summed E-state index contributed by atoms with van der Waals surface area (Å²) in [6.07, 6.45) is 24.3. The minimum atomic E-state index is -0.471. The first-order valence-corrected chi connectivity index (χ1v) is 17.0. The van der Waals surface area contributed by atoms with E-state index in [1.54, 1.807) is 0 Å². The number of unbranched alkanes of at least 4 members (excludes halogenated alkanes) is 14. The fraction of sp³-hybridized carbons (Fsp3) is 0.938. The molecule has 8 N–H and O–H groups in total. The first-order chi connectivity index (χ1) is 19.6. The second-order valence-electron chi connectivity index (χ2n) is 11.4. The summed E-state index contributed by atoms with van der Waals surface area (Å²) < 4.78 is 0. The molecule has 41 heavy (non-hydrogen) atoms. The van der Waals surface area contributed by atoms with Gasteiger partial charge in [0.25, 0.3) is 0 Å². The molecule has 8 nitrogen and oxygen atoms in total. The lowest BCUT2D eigenvalue weighted by Crippen LogP contribution is -2.41. The number of nitrogens with two attached hydrogens (primary N) is 2. The fourth-order valence-electron chi connectivity index (χ4n) is 4.77. The Morgan fingerprint density at radius 3 is 1.59 bits per heavy atom. The second kappa shape index (κ2) is 35.3. The third-order valence-corrected chi connectivity index (χ3v) is 7.45. The van der Waals surface area contributed by atoms with Gasteiger partial charge in [-0.3, -0.25) is 9.59 Å². The van der Waals surface area contributed by atoms with E-state index in [4.69, 9.17) is 11.5 Å². The summed E-state index contributed by atoms with van der Waals surface area (Å²) in [5.74, 6) is 0.0768. The predicted octanol–water partition coefficient (Wildman–Crippen LogP) is 5.32. The van der Waals surface area contributed by atoms with E-state index in [1.165, 1.54) is 70.6 Å². The van der Waals surface area contributed by atoms with E-state index in [2.05, 4.69) is 28.2 Å². The van der Waals surface area contributed by atoms with Crippen LogP contribution < -0.4 is 32.7 Å². The van der Waals surface area contributed by atoms with Crippen LogP contribution in [0.4, 0.5) is 0 Å². The van der Waals surface area contributed by atoms with Gasteiger partial charge >= 0.3 is 0 Å². The molecule has 246 valence electrons. The highest BCUT2D eigenvalue weighted by molar-refractivity contribution is 5.85. The van der Waals surface area contributed by atoms with E-state index >= 15 is 0 Å². The molecule has 2 amide bonds. The Balaban J connectivity index is 0. The van der Waals surface area contributed by atoms with E-state index in [9.17, 15) is 9.59 Å². The average Bonchev–Trinajstić information content (AvgIpc) is 2.95. The normalized spacial score (nSPS) is 11.7. The van der Waals surface area contributed by atoms with Gasteiger partial charge in [0.1, 0.15) is 0 Å². The van der Waals surface area contributed by atoms with Crippen molar-refractivity contribution >= 4 is 24.2 Å². The van der Waals surface area contributed by atoms with Crippen LogP contribution in [0.2, 0.25) is 0 Å². The number of hydrogen-bond donors (Lipinski definition) is 6. The number of nitrogens with one attached hydrogen (secondary N) is 4. The quantitative estimate of drug-likeness (QED) is 0.0576. The van der Waals surface area contributed by atoms with E-state index in [1.807, 2.05) is 0 Å². The van der Waals surface area contributed by atoms with Crippen molar-refractivity contribution in [3.05, 3.63) is 0 Å². The summed E-state index contributed by atoms with van der Waals surface area (Å²) in [4.78, 5) is 24.2. The lowest BCUT2D eigenvalue weighted by atomic mass is 10.0. The van der Waals surface area contributed by atoms with Crippen LogP contribution in [0, 0.1) is 0 Å². The Morgan fingerprint density at radius 2 is 1.02 bits per heavy atom. The molecule has 0 radical (unpaired) electrons. The maximum absolute atomic E-state index is 12.2. The topological polar surface area (TPSA) is 134 Å². The van der Waals surface area contributed by atoms with Crippen molar-refractivity contribution in [2.75, 3.05) is 45.8 Å². The first-order valence-electron chi connectivity index (χ1n) is 17.0. The highest BCUT2D eigenvalue weighted by atomic mass is 35.5. The molecule has 0 fully saturated rings. The molecule has 0 aliphatic carbocycles. The van der Waals surface area contributed by atoms with Crippen LogP contribution in [0.1, 0.15) is 142 Å². The maximum atomic E-state index is 12.2. The van der Waals surface area contributed by atoms with Crippen LogP contribution in [0.3, 0.4) is 0 Å². The Morgan fingerprint density at radius 1 is 0.561 bits per heavy atom. The van der Waals surface area contributed by atoms with E-state index in [0.29, 0.717) is 25.9 Å². The average molecular weight is 605 g/mol. The third kappa shape index (κ3) is 33.4. The van der Waals surface area contributed by atoms with Gasteiger partial charge < -0.3 is 32.7 Å². The number of carbonyl (C=O) groups is 2. The second-order valence-corrected chi connectivity index (χ2v) is 11.4. The van der Waals surface area contributed by atoms with Gasteiger partial charge in [-0.15, -0.1) is 12.4 Å². The van der Waals surface area contributed by atoms with E-state index in [0.717, 1.165) is 84.1 Å². The molecule has 0 heterocycles.